The Labute approximate surface area is 174 Å². The van der Waals surface area contributed by atoms with Crippen molar-refractivity contribution >= 4 is 28.4 Å². The summed E-state index contributed by atoms with van der Waals surface area (Å²) in [5, 5.41) is 3.78. The van der Waals surface area contributed by atoms with Crippen molar-refractivity contribution in [2.75, 3.05) is 18.0 Å². The maximum atomic E-state index is 11.4. The van der Waals surface area contributed by atoms with Crippen LogP contribution in [-0.2, 0) is 11.4 Å². The van der Waals surface area contributed by atoms with Crippen molar-refractivity contribution in [3.63, 3.8) is 0 Å². The van der Waals surface area contributed by atoms with Crippen molar-refractivity contribution in [3.05, 3.63) is 78.8 Å². The molecule has 4 rings (SSSR count). The minimum Gasteiger partial charge on any atom is -0.489 e. The smallest absolute Gasteiger partial charge is 0.216 e. The number of hydrogen-bond acceptors (Lipinski definition) is 5. The summed E-state index contributed by atoms with van der Waals surface area (Å²) in [6, 6.07) is 19.8. The van der Waals surface area contributed by atoms with E-state index in [0.717, 1.165) is 33.9 Å². The highest BCUT2D eigenvalue weighted by molar-refractivity contribution is 5.89. The average Bonchev–Trinajstić information content (AvgIpc) is 3.25. The predicted molar refractivity (Wildman–Crippen MR) is 117 cm³/mol. The highest BCUT2D eigenvalue weighted by Crippen LogP contribution is 2.29. The second kappa shape index (κ2) is 9.09. The van der Waals surface area contributed by atoms with Gasteiger partial charge in [0.1, 0.15) is 30.1 Å². The number of nitrogens with zero attached hydrogens (tertiary/aromatic N) is 3. The second-order valence-corrected chi connectivity index (χ2v) is 6.84. The number of rotatable bonds is 8. The quantitative estimate of drug-likeness (QED) is 0.469. The molecule has 2 aromatic carbocycles. The minimum absolute atomic E-state index is 0.0607. The van der Waals surface area contributed by atoms with E-state index in [4.69, 9.17) is 4.74 Å². The Morgan fingerprint density at radius 2 is 1.97 bits per heavy atom. The van der Waals surface area contributed by atoms with Crippen LogP contribution in [0.15, 0.2) is 73.2 Å². The Hall–Kier alpha value is -3.87. The van der Waals surface area contributed by atoms with Gasteiger partial charge in [0.15, 0.2) is 0 Å². The lowest BCUT2D eigenvalue weighted by atomic mass is 10.2. The first-order valence-electron chi connectivity index (χ1n) is 9.77. The van der Waals surface area contributed by atoms with Gasteiger partial charge in [-0.3, -0.25) is 4.79 Å². The molecule has 30 heavy (non-hydrogen) atoms. The molecule has 0 atom stereocenters. The molecule has 7 nitrogen and oxygen atoms in total. The van der Waals surface area contributed by atoms with Gasteiger partial charge >= 0.3 is 0 Å². The van der Waals surface area contributed by atoms with E-state index in [-0.39, 0.29) is 5.91 Å². The highest BCUT2D eigenvalue weighted by Gasteiger charge is 2.16. The Kier molecular flexibility index (Phi) is 5.89. The van der Waals surface area contributed by atoms with Gasteiger partial charge in [-0.1, -0.05) is 30.3 Å². The summed E-state index contributed by atoms with van der Waals surface area (Å²) in [4.78, 5) is 25.4. The zero-order valence-electron chi connectivity index (χ0n) is 16.7. The normalized spacial score (nSPS) is 10.7. The molecule has 0 fully saturated rings. The standard InChI is InChI=1S/C23H23N5O2/c1-17(29)24-12-13-28(23-21-10-11-25-22(21)26-16-27-23)19-7-5-6-18(14-19)15-30-20-8-3-2-4-9-20/h2-11,14,16H,12-13,15H2,1H3,(H,24,29)(H,25,26,27). The monoisotopic (exact) mass is 401 g/mol. The Morgan fingerprint density at radius 3 is 2.80 bits per heavy atom. The van der Waals surface area contributed by atoms with E-state index in [9.17, 15) is 4.79 Å². The molecule has 0 unspecified atom stereocenters. The lowest BCUT2D eigenvalue weighted by Gasteiger charge is -2.25. The van der Waals surface area contributed by atoms with E-state index in [2.05, 4.69) is 31.2 Å². The van der Waals surface area contributed by atoms with Gasteiger partial charge < -0.3 is 19.9 Å². The number of ether oxygens (including phenoxy) is 1. The molecule has 2 N–H and O–H groups in total. The van der Waals surface area contributed by atoms with Crippen molar-refractivity contribution in [2.45, 2.75) is 13.5 Å². The van der Waals surface area contributed by atoms with E-state index in [1.165, 1.54) is 6.92 Å². The van der Waals surface area contributed by atoms with Crippen LogP contribution in [0.25, 0.3) is 11.0 Å². The number of carbonyl (C=O) groups excluding carboxylic acids is 1. The molecule has 2 aromatic heterocycles. The molecular weight excluding hydrogens is 378 g/mol. The lowest BCUT2D eigenvalue weighted by molar-refractivity contribution is -0.118. The molecule has 0 saturated carbocycles. The number of anilines is 2. The van der Waals surface area contributed by atoms with Crippen molar-refractivity contribution in [2.24, 2.45) is 0 Å². The first kappa shape index (κ1) is 19.4. The number of para-hydroxylation sites is 1. The fraction of sp³-hybridized carbons (Fsp3) is 0.174. The number of aromatic amines is 1. The Morgan fingerprint density at radius 1 is 1.10 bits per heavy atom. The number of H-pyrrole nitrogens is 1. The molecule has 0 aliphatic heterocycles. The minimum atomic E-state index is -0.0607. The zero-order chi connectivity index (χ0) is 20.8. The topological polar surface area (TPSA) is 83.1 Å². The van der Waals surface area contributed by atoms with Crippen LogP contribution in [0.5, 0.6) is 5.75 Å². The Bertz CT molecular complexity index is 1130. The summed E-state index contributed by atoms with van der Waals surface area (Å²) in [5.74, 6) is 1.55. The summed E-state index contributed by atoms with van der Waals surface area (Å²) in [7, 11) is 0. The third kappa shape index (κ3) is 4.57. The number of aromatic nitrogens is 3. The van der Waals surface area contributed by atoms with Gasteiger partial charge in [0, 0.05) is 31.9 Å². The third-order valence-corrected chi connectivity index (χ3v) is 4.67. The van der Waals surface area contributed by atoms with Crippen LogP contribution in [0.4, 0.5) is 11.5 Å². The predicted octanol–water partition coefficient (Wildman–Crippen LogP) is 3.81. The SMILES string of the molecule is CC(=O)NCCN(c1cccc(COc2ccccc2)c1)c1ncnc2[nH]ccc12. The van der Waals surface area contributed by atoms with E-state index in [1.807, 2.05) is 60.8 Å². The summed E-state index contributed by atoms with van der Waals surface area (Å²) in [5.41, 5.74) is 2.78. The molecule has 0 aliphatic carbocycles. The molecule has 2 heterocycles. The molecular formula is C23H23N5O2. The fourth-order valence-electron chi connectivity index (χ4n) is 3.27. The number of amides is 1. The van der Waals surface area contributed by atoms with E-state index < -0.39 is 0 Å². The molecule has 4 aromatic rings. The highest BCUT2D eigenvalue weighted by atomic mass is 16.5. The van der Waals surface area contributed by atoms with Crippen molar-refractivity contribution in [1.82, 2.24) is 20.3 Å². The van der Waals surface area contributed by atoms with Gasteiger partial charge in [0.25, 0.3) is 0 Å². The number of fused-ring (bicyclic) bond motifs is 1. The number of carbonyl (C=O) groups is 1. The van der Waals surface area contributed by atoms with Crippen LogP contribution < -0.4 is 15.0 Å². The van der Waals surface area contributed by atoms with E-state index in [0.29, 0.717) is 19.7 Å². The van der Waals surface area contributed by atoms with Gasteiger partial charge in [0.2, 0.25) is 5.91 Å². The number of hydrogen-bond donors (Lipinski definition) is 2. The van der Waals surface area contributed by atoms with Gasteiger partial charge in [-0.05, 0) is 35.9 Å². The second-order valence-electron chi connectivity index (χ2n) is 6.84. The van der Waals surface area contributed by atoms with E-state index >= 15 is 0 Å². The molecule has 0 aliphatic rings. The van der Waals surface area contributed by atoms with Crippen LogP contribution in [-0.4, -0.2) is 33.9 Å². The van der Waals surface area contributed by atoms with Crippen molar-refractivity contribution in [1.29, 1.82) is 0 Å². The van der Waals surface area contributed by atoms with E-state index in [1.54, 1.807) is 6.33 Å². The number of nitrogens with one attached hydrogen (secondary N) is 2. The molecule has 152 valence electrons. The first-order valence-corrected chi connectivity index (χ1v) is 9.77. The Balaban J connectivity index is 1.61. The van der Waals surface area contributed by atoms with Gasteiger partial charge in [-0.2, -0.15) is 0 Å². The molecule has 0 bridgehead atoms. The molecule has 7 heteroatoms. The summed E-state index contributed by atoms with van der Waals surface area (Å²) >= 11 is 0. The van der Waals surface area contributed by atoms with Crippen LogP contribution >= 0.6 is 0 Å². The third-order valence-electron chi connectivity index (χ3n) is 4.67. The maximum absolute atomic E-state index is 11.4. The maximum Gasteiger partial charge on any atom is 0.216 e. The van der Waals surface area contributed by atoms with Gasteiger partial charge in [0.05, 0.1) is 5.39 Å². The fourth-order valence-corrected chi connectivity index (χ4v) is 3.27. The lowest BCUT2D eigenvalue weighted by Crippen LogP contribution is -2.32. The summed E-state index contributed by atoms with van der Waals surface area (Å²) < 4.78 is 5.90. The summed E-state index contributed by atoms with van der Waals surface area (Å²) in [6.45, 7) is 3.04. The van der Waals surface area contributed by atoms with Crippen LogP contribution in [0, 0.1) is 0 Å². The molecule has 0 saturated heterocycles. The number of benzene rings is 2. The van der Waals surface area contributed by atoms with Crippen LogP contribution in [0.3, 0.4) is 0 Å². The molecule has 0 radical (unpaired) electrons. The van der Waals surface area contributed by atoms with Crippen molar-refractivity contribution < 1.29 is 9.53 Å². The van der Waals surface area contributed by atoms with Gasteiger partial charge in [-0.15, -0.1) is 0 Å². The summed E-state index contributed by atoms with van der Waals surface area (Å²) in [6.07, 6.45) is 3.39. The average molecular weight is 401 g/mol. The molecule has 0 spiro atoms. The van der Waals surface area contributed by atoms with Crippen molar-refractivity contribution in [3.8, 4) is 5.75 Å². The van der Waals surface area contributed by atoms with Crippen LogP contribution in [0.1, 0.15) is 12.5 Å². The largest absolute Gasteiger partial charge is 0.489 e. The van der Waals surface area contributed by atoms with Gasteiger partial charge in [-0.25, -0.2) is 9.97 Å². The molecule has 1 amide bonds. The van der Waals surface area contributed by atoms with Crippen LogP contribution in [0.2, 0.25) is 0 Å². The zero-order valence-corrected chi connectivity index (χ0v) is 16.7. The first-order chi connectivity index (χ1) is 14.7.